The molecule has 144 valence electrons. The van der Waals surface area contributed by atoms with Crippen molar-refractivity contribution in [3.63, 3.8) is 0 Å². The molecule has 0 aliphatic rings. The van der Waals surface area contributed by atoms with Crippen molar-refractivity contribution in [1.82, 2.24) is 19.4 Å². The van der Waals surface area contributed by atoms with E-state index in [0.717, 1.165) is 22.5 Å². The van der Waals surface area contributed by atoms with Gasteiger partial charge in [-0.1, -0.05) is 46.3 Å². The van der Waals surface area contributed by atoms with Gasteiger partial charge in [0.2, 0.25) is 21.7 Å². The maximum Gasteiger partial charge on any atom is 0.307 e. The number of hydrogen-bond donors (Lipinski definition) is 1. The van der Waals surface area contributed by atoms with Gasteiger partial charge in [0.15, 0.2) is 0 Å². The second kappa shape index (κ2) is 6.97. The van der Waals surface area contributed by atoms with Crippen molar-refractivity contribution in [2.24, 2.45) is 7.05 Å². The Kier molecular flexibility index (Phi) is 4.61. The lowest BCUT2D eigenvalue weighted by Crippen LogP contribution is -2.23. The highest BCUT2D eigenvalue weighted by atomic mass is 32.2. The van der Waals surface area contributed by atoms with Gasteiger partial charge in [0.1, 0.15) is 0 Å². The predicted molar refractivity (Wildman–Crippen MR) is 106 cm³/mol. The molecule has 2 heterocycles. The summed E-state index contributed by atoms with van der Waals surface area (Å²) in [6, 6.07) is 12.2. The molecule has 0 bridgehead atoms. The molecule has 4 rings (SSSR count). The maximum absolute atomic E-state index is 12.6. The van der Waals surface area contributed by atoms with Crippen molar-refractivity contribution in [3.8, 4) is 11.4 Å². The lowest BCUT2D eigenvalue weighted by atomic mass is 10.1. The van der Waals surface area contributed by atoms with Gasteiger partial charge in [-0.05, 0) is 25.1 Å². The summed E-state index contributed by atoms with van der Waals surface area (Å²) in [6.07, 6.45) is 0. The fourth-order valence-electron chi connectivity index (χ4n) is 2.67. The Bertz CT molecular complexity index is 1320. The van der Waals surface area contributed by atoms with E-state index in [0.29, 0.717) is 16.0 Å². The van der Waals surface area contributed by atoms with Crippen LogP contribution in [0, 0.1) is 6.92 Å². The first kappa shape index (κ1) is 18.5. The number of aromatic nitrogens is 3. The van der Waals surface area contributed by atoms with Crippen molar-refractivity contribution in [3.05, 3.63) is 63.6 Å². The van der Waals surface area contributed by atoms with Gasteiger partial charge in [-0.15, -0.1) is 0 Å². The van der Waals surface area contributed by atoms with Gasteiger partial charge in [-0.3, -0.25) is 4.79 Å². The smallest absolute Gasteiger partial charge is 0.307 e. The standard InChI is InChI=1S/C18H16N4O4S2/c1-11-3-5-12(6-4-11)17-20-16(26-21-17)10-19-28(24,25)13-7-8-14-15(9-13)27-18(23)22(14)2/h3-9,19H,10H2,1-2H3. The fourth-order valence-corrected chi connectivity index (χ4v) is 4.66. The van der Waals surface area contributed by atoms with Crippen LogP contribution in [-0.2, 0) is 23.6 Å². The number of rotatable bonds is 5. The Morgan fingerprint density at radius 3 is 2.68 bits per heavy atom. The van der Waals surface area contributed by atoms with E-state index < -0.39 is 10.0 Å². The monoisotopic (exact) mass is 416 g/mol. The van der Waals surface area contributed by atoms with Crippen molar-refractivity contribution in [2.45, 2.75) is 18.4 Å². The van der Waals surface area contributed by atoms with Crippen LogP contribution in [0.3, 0.4) is 0 Å². The minimum absolute atomic E-state index is 0.0696. The largest absolute Gasteiger partial charge is 0.338 e. The minimum Gasteiger partial charge on any atom is -0.338 e. The normalized spacial score (nSPS) is 11.9. The van der Waals surface area contributed by atoms with Crippen LogP contribution in [0.4, 0.5) is 0 Å². The minimum atomic E-state index is -3.80. The van der Waals surface area contributed by atoms with E-state index in [-0.39, 0.29) is 22.2 Å². The van der Waals surface area contributed by atoms with Crippen LogP contribution in [0.25, 0.3) is 21.6 Å². The van der Waals surface area contributed by atoms with Crippen LogP contribution in [0.1, 0.15) is 11.5 Å². The molecule has 2 aromatic carbocycles. The maximum atomic E-state index is 12.6. The van der Waals surface area contributed by atoms with Crippen molar-refractivity contribution < 1.29 is 12.9 Å². The summed E-state index contributed by atoms with van der Waals surface area (Å²) < 4.78 is 34.8. The number of sulfonamides is 1. The van der Waals surface area contributed by atoms with Gasteiger partial charge >= 0.3 is 4.87 Å². The van der Waals surface area contributed by atoms with E-state index in [4.69, 9.17) is 4.52 Å². The highest BCUT2D eigenvalue weighted by Crippen LogP contribution is 2.21. The third-order valence-corrected chi connectivity index (χ3v) is 6.66. The third kappa shape index (κ3) is 3.49. The first-order chi connectivity index (χ1) is 13.3. The van der Waals surface area contributed by atoms with E-state index in [2.05, 4.69) is 14.9 Å². The van der Waals surface area contributed by atoms with E-state index >= 15 is 0 Å². The van der Waals surface area contributed by atoms with Crippen LogP contribution >= 0.6 is 11.3 Å². The Hall–Kier alpha value is -2.82. The Morgan fingerprint density at radius 1 is 1.18 bits per heavy atom. The highest BCUT2D eigenvalue weighted by Gasteiger charge is 2.18. The number of hydrogen-bond acceptors (Lipinski definition) is 7. The molecule has 0 amide bonds. The van der Waals surface area contributed by atoms with Crippen molar-refractivity contribution in [1.29, 1.82) is 0 Å². The van der Waals surface area contributed by atoms with Crippen LogP contribution in [0.5, 0.6) is 0 Å². The summed E-state index contributed by atoms with van der Waals surface area (Å²) in [5.74, 6) is 0.550. The zero-order valence-electron chi connectivity index (χ0n) is 15.0. The molecule has 0 atom stereocenters. The lowest BCUT2D eigenvalue weighted by molar-refractivity contribution is 0.376. The zero-order chi connectivity index (χ0) is 19.9. The van der Waals surface area contributed by atoms with Crippen LogP contribution in [0.2, 0.25) is 0 Å². The molecule has 0 spiro atoms. The number of nitrogens with one attached hydrogen (secondary N) is 1. The van der Waals surface area contributed by atoms with E-state index in [9.17, 15) is 13.2 Å². The molecule has 8 nitrogen and oxygen atoms in total. The number of benzene rings is 2. The lowest BCUT2D eigenvalue weighted by Gasteiger charge is -2.05. The van der Waals surface area contributed by atoms with Gasteiger partial charge in [0.05, 0.1) is 21.7 Å². The molecular formula is C18H16N4O4S2. The molecule has 28 heavy (non-hydrogen) atoms. The quantitative estimate of drug-likeness (QED) is 0.535. The Balaban J connectivity index is 1.53. The van der Waals surface area contributed by atoms with Crippen LogP contribution in [-0.4, -0.2) is 23.1 Å². The molecular weight excluding hydrogens is 400 g/mol. The predicted octanol–water partition coefficient (Wildman–Crippen LogP) is 2.44. The van der Waals surface area contributed by atoms with Gasteiger partial charge in [-0.2, -0.15) is 4.98 Å². The van der Waals surface area contributed by atoms with E-state index in [1.807, 2.05) is 31.2 Å². The van der Waals surface area contributed by atoms with Crippen LogP contribution < -0.4 is 9.60 Å². The molecule has 2 aromatic heterocycles. The number of fused-ring (bicyclic) bond motifs is 1. The Labute approximate surface area is 164 Å². The molecule has 10 heteroatoms. The molecule has 0 saturated heterocycles. The van der Waals surface area contributed by atoms with Gasteiger partial charge in [0, 0.05) is 12.6 Å². The fraction of sp³-hybridized carbons (Fsp3) is 0.167. The molecule has 0 fully saturated rings. The summed E-state index contributed by atoms with van der Waals surface area (Å²) in [7, 11) is -2.15. The van der Waals surface area contributed by atoms with Gasteiger partial charge < -0.3 is 9.09 Å². The SMILES string of the molecule is Cc1ccc(-c2noc(CNS(=O)(=O)c3ccc4c(c3)sc(=O)n4C)n2)cc1. The topological polar surface area (TPSA) is 107 Å². The number of thiazole rings is 1. The summed E-state index contributed by atoms with van der Waals surface area (Å²) in [6.45, 7) is 1.84. The number of nitrogens with zero attached hydrogens (tertiary/aromatic N) is 3. The molecule has 0 radical (unpaired) electrons. The van der Waals surface area contributed by atoms with E-state index in [1.165, 1.54) is 16.7 Å². The molecule has 1 N–H and O–H groups in total. The average molecular weight is 416 g/mol. The zero-order valence-corrected chi connectivity index (χ0v) is 16.7. The summed E-state index contributed by atoms with van der Waals surface area (Å²) >= 11 is 1.000. The summed E-state index contributed by atoms with van der Waals surface area (Å²) in [5, 5.41) is 3.89. The van der Waals surface area contributed by atoms with Crippen LogP contribution in [0.15, 0.2) is 56.7 Å². The van der Waals surface area contributed by atoms with Gasteiger partial charge in [0.25, 0.3) is 0 Å². The first-order valence-electron chi connectivity index (χ1n) is 8.32. The van der Waals surface area contributed by atoms with Gasteiger partial charge in [-0.25, -0.2) is 13.1 Å². The molecule has 4 aromatic rings. The molecule has 0 saturated carbocycles. The average Bonchev–Trinajstić information content (AvgIpc) is 3.26. The molecule has 0 unspecified atom stereocenters. The van der Waals surface area contributed by atoms with E-state index in [1.54, 1.807) is 13.1 Å². The number of aryl methyl sites for hydroxylation is 2. The second-order valence-electron chi connectivity index (χ2n) is 6.26. The summed E-state index contributed by atoms with van der Waals surface area (Å²) in [5.41, 5.74) is 2.59. The third-order valence-electron chi connectivity index (χ3n) is 4.27. The second-order valence-corrected chi connectivity index (χ2v) is 9.02. The first-order valence-corrected chi connectivity index (χ1v) is 10.6. The Morgan fingerprint density at radius 2 is 1.93 bits per heavy atom. The van der Waals surface area contributed by atoms with Crippen molar-refractivity contribution in [2.75, 3.05) is 0 Å². The molecule has 0 aliphatic carbocycles. The molecule has 0 aliphatic heterocycles. The van der Waals surface area contributed by atoms with Crippen molar-refractivity contribution >= 4 is 31.6 Å². The summed E-state index contributed by atoms with van der Waals surface area (Å²) in [4.78, 5) is 15.9. The highest BCUT2D eigenvalue weighted by molar-refractivity contribution is 7.89.